The van der Waals surface area contributed by atoms with Crippen molar-refractivity contribution < 1.29 is 15.0 Å². The smallest absolute Gasteiger partial charge is 0.251 e. The molecule has 1 aliphatic rings. The molecule has 0 spiro atoms. The van der Waals surface area contributed by atoms with E-state index in [9.17, 15) is 15.0 Å². The number of halogens is 1. The summed E-state index contributed by atoms with van der Waals surface area (Å²) < 4.78 is 0. The van der Waals surface area contributed by atoms with Crippen LogP contribution in [0, 0.1) is 5.92 Å². The average molecular weight is 284 g/mol. The van der Waals surface area contributed by atoms with E-state index in [1.807, 2.05) is 0 Å². The summed E-state index contributed by atoms with van der Waals surface area (Å²) in [7, 11) is 0. The van der Waals surface area contributed by atoms with E-state index in [0.717, 1.165) is 25.7 Å². The summed E-state index contributed by atoms with van der Waals surface area (Å²) >= 11 is 6.11. The number of hydrogen-bond acceptors (Lipinski definition) is 3. The van der Waals surface area contributed by atoms with E-state index in [2.05, 4.69) is 5.32 Å². The molecule has 0 bridgehead atoms. The van der Waals surface area contributed by atoms with Gasteiger partial charge in [0, 0.05) is 17.5 Å². The van der Waals surface area contributed by atoms with Gasteiger partial charge >= 0.3 is 0 Å². The molecule has 1 saturated carbocycles. The second-order valence-electron chi connectivity index (χ2n) is 5.04. The molecule has 2 rings (SSSR count). The summed E-state index contributed by atoms with van der Waals surface area (Å²) in [5.41, 5.74) is 0.341. The van der Waals surface area contributed by atoms with Gasteiger partial charge in [-0.05, 0) is 43.4 Å². The van der Waals surface area contributed by atoms with Gasteiger partial charge in [-0.3, -0.25) is 4.79 Å². The number of rotatable bonds is 3. The fourth-order valence-electron chi connectivity index (χ4n) is 2.41. The molecule has 0 heterocycles. The van der Waals surface area contributed by atoms with E-state index in [4.69, 9.17) is 11.6 Å². The van der Waals surface area contributed by atoms with E-state index >= 15 is 0 Å². The minimum Gasteiger partial charge on any atom is -0.504 e. The number of phenolic OH excluding ortho intramolecular Hbond substituents is 2. The summed E-state index contributed by atoms with van der Waals surface area (Å²) in [5, 5.41) is 21.6. The Labute approximate surface area is 117 Å². The second-order valence-corrected chi connectivity index (χ2v) is 5.66. The summed E-state index contributed by atoms with van der Waals surface area (Å²) in [6.07, 6.45) is 4.18. The van der Waals surface area contributed by atoms with Crippen molar-refractivity contribution in [3.8, 4) is 11.5 Å². The predicted molar refractivity (Wildman–Crippen MR) is 73.7 cm³/mol. The molecule has 1 aromatic rings. The van der Waals surface area contributed by atoms with E-state index in [1.54, 1.807) is 0 Å². The Bertz CT molecular complexity index is 464. The average Bonchev–Trinajstić information content (AvgIpc) is 2.39. The molecule has 2 atom stereocenters. The van der Waals surface area contributed by atoms with Crippen LogP contribution in [0.25, 0.3) is 0 Å². The third-order valence-corrected chi connectivity index (χ3v) is 3.90. The van der Waals surface area contributed by atoms with Crippen LogP contribution in [0.3, 0.4) is 0 Å². The Hall–Kier alpha value is -1.42. The zero-order valence-electron chi connectivity index (χ0n) is 10.6. The summed E-state index contributed by atoms with van der Waals surface area (Å²) in [4.78, 5) is 11.9. The molecule has 0 aliphatic heterocycles. The van der Waals surface area contributed by atoms with E-state index in [0.29, 0.717) is 18.0 Å². The number of nitrogens with one attached hydrogen (secondary N) is 1. The van der Waals surface area contributed by atoms with Crippen molar-refractivity contribution in [2.24, 2.45) is 5.92 Å². The number of phenols is 2. The van der Waals surface area contributed by atoms with Crippen molar-refractivity contribution >= 4 is 17.5 Å². The van der Waals surface area contributed by atoms with Gasteiger partial charge in [-0.15, -0.1) is 11.6 Å². The van der Waals surface area contributed by atoms with Gasteiger partial charge in [-0.25, -0.2) is 0 Å². The normalized spacial score (nSPS) is 23.0. The lowest BCUT2D eigenvalue weighted by molar-refractivity contribution is 0.0943. The molecule has 3 N–H and O–H groups in total. The molecule has 0 saturated heterocycles. The van der Waals surface area contributed by atoms with Crippen LogP contribution in [0.5, 0.6) is 11.5 Å². The fourth-order valence-corrected chi connectivity index (χ4v) is 2.82. The lowest BCUT2D eigenvalue weighted by Gasteiger charge is -2.25. The maximum atomic E-state index is 11.9. The topological polar surface area (TPSA) is 69.6 Å². The van der Waals surface area contributed by atoms with Gasteiger partial charge in [0.15, 0.2) is 11.5 Å². The largest absolute Gasteiger partial charge is 0.504 e. The monoisotopic (exact) mass is 283 g/mol. The first-order valence-electron chi connectivity index (χ1n) is 6.50. The molecule has 1 aromatic carbocycles. The van der Waals surface area contributed by atoms with E-state index in [1.165, 1.54) is 18.2 Å². The number of aromatic hydroxyl groups is 2. The molecule has 19 heavy (non-hydrogen) atoms. The van der Waals surface area contributed by atoms with E-state index in [-0.39, 0.29) is 22.8 Å². The van der Waals surface area contributed by atoms with Crippen LogP contribution >= 0.6 is 11.6 Å². The van der Waals surface area contributed by atoms with Gasteiger partial charge in [0.05, 0.1) is 0 Å². The van der Waals surface area contributed by atoms with Crippen LogP contribution < -0.4 is 5.32 Å². The molecule has 0 aromatic heterocycles. The van der Waals surface area contributed by atoms with Gasteiger partial charge in [-0.1, -0.05) is 6.42 Å². The first-order valence-corrected chi connectivity index (χ1v) is 6.94. The lowest BCUT2D eigenvalue weighted by Crippen LogP contribution is -2.32. The maximum Gasteiger partial charge on any atom is 0.251 e. The van der Waals surface area contributed by atoms with Crippen LogP contribution in [-0.4, -0.2) is 28.0 Å². The minimum absolute atomic E-state index is 0.216. The zero-order chi connectivity index (χ0) is 13.8. The standard InChI is InChI=1S/C14H18ClNO3/c15-11-3-1-2-9(6-11)8-16-14(19)10-4-5-12(17)13(18)7-10/h4-5,7,9,11,17-18H,1-3,6,8H2,(H,16,19). The van der Waals surface area contributed by atoms with Crippen molar-refractivity contribution in [3.05, 3.63) is 23.8 Å². The number of carbonyl (C=O) groups is 1. The molecule has 4 nitrogen and oxygen atoms in total. The molecular weight excluding hydrogens is 266 g/mol. The van der Waals surface area contributed by atoms with Crippen LogP contribution in [0.2, 0.25) is 0 Å². The Morgan fingerprint density at radius 2 is 2.11 bits per heavy atom. The Morgan fingerprint density at radius 3 is 2.79 bits per heavy atom. The van der Waals surface area contributed by atoms with Crippen LogP contribution in [0.1, 0.15) is 36.0 Å². The van der Waals surface area contributed by atoms with Gasteiger partial charge in [0.25, 0.3) is 5.91 Å². The number of amides is 1. The molecule has 2 unspecified atom stereocenters. The van der Waals surface area contributed by atoms with Crippen molar-refractivity contribution in [1.82, 2.24) is 5.32 Å². The Morgan fingerprint density at radius 1 is 1.32 bits per heavy atom. The van der Waals surface area contributed by atoms with Crippen molar-refractivity contribution in [3.63, 3.8) is 0 Å². The molecule has 1 amide bonds. The highest BCUT2D eigenvalue weighted by Gasteiger charge is 2.20. The van der Waals surface area contributed by atoms with Crippen molar-refractivity contribution in [2.45, 2.75) is 31.1 Å². The molecule has 1 fully saturated rings. The third-order valence-electron chi connectivity index (χ3n) is 3.51. The van der Waals surface area contributed by atoms with E-state index < -0.39 is 0 Å². The van der Waals surface area contributed by atoms with Crippen LogP contribution in [0.4, 0.5) is 0 Å². The highest BCUT2D eigenvalue weighted by molar-refractivity contribution is 6.20. The summed E-state index contributed by atoms with van der Waals surface area (Å²) in [5.74, 6) is -0.335. The van der Waals surface area contributed by atoms with Gasteiger partial charge in [0.1, 0.15) is 0 Å². The number of carbonyl (C=O) groups excluding carboxylic acids is 1. The van der Waals surface area contributed by atoms with Crippen molar-refractivity contribution in [2.75, 3.05) is 6.54 Å². The van der Waals surface area contributed by atoms with Crippen LogP contribution in [-0.2, 0) is 0 Å². The quantitative estimate of drug-likeness (QED) is 0.590. The number of benzene rings is 1. The maximum absolute atomic E-state index is 11.9. The number of alkyl halides is 1. The molecular formula is C14H18ClNO3. The first-order chi connectivity index (χ1) is 9.06. The van der Waals surface area contributed by atoms with Gasteiger partial charge in [0.2, 0.25) is 0 Å². The Kier molecular flexibility index (Phi) is 4.53. The highest BCUT2D eigenvalue weighted by Crippen LogP contribution is 2.27. The fraction of sp³-hybridized carbons (Fsp3) is 0.500. The van der Waals surface area contributed by atoms with Crippen molar-refractivity contribution in [1.29, 1.82) is 0 Å². The predicted octanol–water partition coefficient (Wildman–Crippen LogP) is 2.63. The van der Waals surface area contributed by atoms with Gasteiger partial charge < -0.3 is 15.5 Å². The number of hydrogen-bond donors (Lipinski definition) is 3. The van der Waals surface area contributed by atoms with Crippen LogP contribution in [0.15, 0.2) is 18.2 Å². The van der Waals surface area contributed by atoms with Gasteiger partial charge in [-0.2, -0.15) is 0 Å². The Balaban J connectivity index is 1.88. The highest BCUT2D eigenvalue weighted by atomic mass is 35.5. The molecule has 1 aliphatic carbocycles. The summed E-state index contributed by atoms with van der Waals surface area (Å²) in [6.45, 7) is 0.601. The molecule has 5 heteroatoms. The summed E-state index contributed by atoms with van der Waals surface area (Å²) in [6, 6.07) is 4.05. The minimum atomic E-state index is -0.286. The molecule has 104 valence electrons. The zero-order valence-corrected chi connectivity index (χ0v) is 11.4. The lowest BCUT2D eigenvalue weighted by atomic mass is 9.89. The SMILES string of the molecule is O=C(NCC1CCCC(Cl)C1)c1ccc(O)c(O)c1. The molecule has 0 radical (unpaired) electrons. The third kappa shape index (κ3) is 3.77. The first kappa shape index (κ1) is 14.0. The second kappa shape index (κ2) is 6.15.